The molecule has 21 heavy (non-hydrogen) atoms. The maximum atomic E-state index is 13.2. The van der Waals surface area contributed by atoms with Gasteiger partial charge in [0, 0.05) is 18.3 Å². The zero-order valence-corrected chi connectivity index (χ0v) is 12.5. The number of rotatable bonds is 5. The molecular formula is C14H19F2O4S-. The minimum atomic E-state index is -5.69. The Morgan fingerprint density at radius 3 is 1.90 bits per heavy atom. The summed E-state index contributed by atoms with van der Waals surface area (Å²) in [6.07, 6.45) is 3.99. The summed E-state index contributed by atoms with van der Waals surface area (Å²) in [7, 11) is -5.69. The molecule has 120 valence electrons. The van der Waals surface area contributed by atoms with E-state index in [2.05, 4.69) is 0 Å². The number of hydrogen-bond donors (Lipinski definition) is 0. The van der Waals surface area contributed by atoms with Gasteiger partial charge >= 0.3 is 5.25 Å². The maximum absolute atomic E-state index is 13.2. The Labute approximate surface area is 123 Å². The van der Waals surface area contributed by atoms with Gasteiger partial charge in [0.1, 0.15) is 5.78 Å². The quantitative estimate of drug-likeness (QED) is 0.730. The van der Waals surface area contributed by atoms with Crippen molar-refractivity contribution >= 4 is 15.9 Å². The molecule has 0 unspecified atom stereocenters. The van der Waals surface area contributed by atoms with Gasteiger partial charge in [-0.15, -0.1) is 0 Å². The smallest absolute Gasteiger partial charge is 0.334 e. The van der Waals surface area contributed by atoms with Crippen LogP contribution in [0.25, 0.3) is 0 Å². The van der Waals surface area contributed by atoms with E-state index in [1.807, 2.05) is 0 Å². The molecule has 4 aliphatic carbocycles. The highest BCUT2D eigenvalue weighted by Crippen LogP contribution is 2.60. The van der Waals surface area contributed by atoms with Crippen molar-refractivity contribution in [3.8, 4) is 0 Å². The van der Waals surface area contributed by atoms with E-state index in [1.54, 1.807) is 0 Å². The minimum absolute atomic E-state index is 0.259. The van der Waals surface area contributed by atoms with Crippen LogP contribution in [0.2, 0.25) is 0 Å². The number of Topliss-reactive ketones (excluding diaryl/α,β-unsaturated/α-hetero) is 1. The van der Waals surface area contributed by atoms with Crippen LogP contribution >= 0.6 is 0 Å². The Morgan fingerprint density at radius 2 is 1.52 bits per heavy atom. The Balaban J connectivity index is 1.69. The molecule has 0 radical (unpaired) electrons. The fraction of sp³-hybridized carbons (Fsp3) is 0.929. The van der Waals surface area contributed by atoms with Gasteiger partial charge in [0.2, 0.25) is 0 Å². The van der Waals surface area contributed by atoms with E-state index in [9.17, 15) is 26.5 Å². The third kappa shape index (κ3) is 2.63. The van der Waals surface area contributed by atoms with Gasteiger partial charge in [-0.1, -0.05) is 0 Å². The molecule has 0 spiro atoms. The Morgan fingerprint density at radius 1 is 1.10 bits per heavy atom. The second-order valence-corrected chi connectivity index (χ2v) is 8.72. The molecule has 0 aromatic carbocycles. The highest BCUT2D eigenvalue weighted by atomic mass is 32.2. The zero-order chi connectivity index (χ0) is 15.5. The number of ketones is 1. The molecule has 4 bridgehead atoms. The van der Waals surface area contributed by atoms with Gasteiger partial charge in [-0.2, -0.15) is 8.78 Å². The van der Waals surface area contributed by atoms with E-state index in [-0.39, 0.29) is 5.78 Å². The van der Waals surface area contributed by atoms with Crippen LogP contribution in [0, 0.1) is 23.2 Å². The van der Waals surface area contributed by atoms with E-state index in [0.29, 0.717) is 17.8 Å². The van der Waals surface area contributed by atoms with Crippen molar-refractivity contribution < 1.29 is 26.5 Å². The molecule has 0 N–H and O–H groups in total. The Hall–Kier alpha value is -0.560. The fourth-order valence-corrected chi connectivity index (χ4v) is 5.45. The molecule has 0 amide bonds. The monoisotopic (exact) mass is 321 g/mol. The first-order valence-corrected chi connectivity index (χ1v) is 8.89. The van der Waals surface area contributed by atoms with Gasteiger partial charge in [0.25, 0.3) is 0 Å². The molecule has 4 aliphatic rings. The van der Waals surface area contributed by atoms with Crippen LogP contribution in [0.5, 0.6) is 0 Å². The normalized spacial score (nSPS) is 38.7. The molecule has 0 atom stereocenters. The minimum Gasteiger partial charge on any atom is -0.743 e. The fourth-order valence-electron chi connectivity index (χ4n) is 5.10. The van der Waals surface area contributed by atoms with Crippen molar-refractivity contribution in [2.24, 2.45) is 23.2 Å². The summed E-state index contributed by atoms with van der Waals surface area (Å²) in [5.74, 6) is 1.29. The summed E-state index contributed by atoms with van der Waals surface area (Å²) in [5.41, 5.74) is -0.516. The molecule has 7 heteroatoms. The second-order valence-electron chi connectivity index (χ2n) is 7.21. The third-order valence-electron chi connectivity index (χ3n) is 5.64. The molecule has 4 fully saturated rings. The molecule has 0 aliphatic heterocycles. The van der Waals surface area contributed by atoms with E-state index in [0.717, 1.165) is 38.5 Å². The van der Waals surface area contributed by atoms with Crippen LogP contribution < -0.4 is 0 Å². The topological polar surface area (TPSA) is 74.3 Å². The predicted molar refractivity (Wildman–Crippen MR) is 69.5 cm³/mol. The molecule has 0 saturated heterocycles. The van der Waals surface area contributed by atoms with Crippen molar-refractivity contribution in [2.45, 2.75) is 56.6 Å². The molecule has 4 saturated carbocycles. The maximum Gasteiger partial charge on any atom is 0.334 e. The van der Waals surface area contributed by atoms with Gasteiger partial charge < -0.3 is 4.55 Å². The lowest BCUT2D eigenvalue weighted by atomic mass is 9.48. The van der Waals surface area contributed by atoms with Crippen LogP contribution in [0.1, 0.15) is 51.4 Å². The molecule has 4 rings (SSSR count). The summed E-state index contributed by atoms with van der Waals surface area (Å²) in [4.78, 5) is 12.4. The van der Waals surface area contributed by atoms with Crippen molar-refractivity contribution in [3.05, 3.63) is 0 Å². The lowest BCUT2D eigenvalue weighted by Gasteiger charge is -2.56. The predicted octanol–water partition coefficient (Wildman–Crippen LogP) is 2.69. The molecule has 4 nitrogen and oxygen atoms in total. The average molecular weight is 321 g/mol. The van der Waals surface area contributed by atoms with E-state index >= 15 is 0 Å². The third-order valence-corrected chi connectivity index (χ3v) is 6.57. The van der Waals surface area contributed by atoms with Crippen LogP contribution in [0.4, 0.5) is 8.78 Å². The van der Waals surface area contributed by atoms with Crippen LogP contribution in [-0.2, 0) is 14.9 Å². The van der Waals surface area contributed by atoms with Gasteiger partial charge in [-0.25, -0.2) is 8.42 Å². The number of hydrogen-bond acceptors (Lipinski definition) is 4. The summed E-state index contributed by atoms with van der Waals surface area (Å²) < 4.78 is 57.9. The van der Waals surface area contributed by atoms with Crippen molar-refractivity contribution in [2.75, 3.05) is 0 Å². The Bertz CT molecular complexity index is 520. The lowest BCUT2D eigenvalue weighted by Crippen LogP contribution is -2.50. The van der Waals surface area contributed by atoms with Crippen molar-refractivity contribution in [3.63, 3.8) is 0 Å². The first-order chi connectivity index (χ1) is 9.61. The van der Waals surface area contributed by atoms with Gasteiger partial charge in [-0.05, 0) is 56.3 Å². The SMILES string of the molecule is O=C(CCC(F)(F)S(=O)(=O)[O-])C12CC3CC(CC(C3)C1)C2. The first kappa shape index (κ1) is 15.3. The van der Waals surface area contributed by atoms with Crippen LogP contribution in [0.15, 0.2) is 0 Å². The van der Waals surface area contributed by atoms with E-state index in [4.69, 9.17) is 0 Å². The van der Waals surface area contributed by atoms with E-state index < -0.39 is 33.6 Å². The highest BCUT2D eigenvalue weighted by molar-refractivity contribution is 7.86. The Kier molecular flexibility index (Phi) is 3.44. The molecular weight excluding hydrogens is 302 g/mol. The molecule has 0 heterocycles. The number of alkyl halides is 2. The summed E-state index contributed by atoms with van der Waals surface area (Å²) in [6.45, 7) is 0. The van der Waals surface area contributed by atoms with Gasteiger partial charge in [-0.3, -0.25) is 4.79 Å². The van der Waals surface area contributed by atoms with Crippen LogP contribution in [0.3, 0.4) is 0 Å². The van der Waals surface area contributed by atoms with Crippen molar-refractivity contribution in [1.29, 1.82) is 0 Å². The summed E-state index contributed by atoms with van der Waals surface area (Å²) in [6, 6.07) is 0. The molecule has 0 aromatic heterocycles. The second kappa shape index (κ2) is 4.72. The zero-order valence-electron chi connectivity index (χ0n) is 11.7. The average Bonchev–Trinajstić information content (AvgIpc) is 2.32. The largest absolute Gasteiger partial charge is 0.743 e. The molecule has 0 aromatic rings. The van der Waals surface area contributed by atoms with Gasteiger partial charge in [0.15, 0.2) is 10.1 Å². The number of halogens is 2. The summed E-state index contributed by atoms with van der Waals surface area (Å²) >= 11 is 0. The number of carbonyl (C=O) groups excluding carboxylic acids is 1. The summed E-state index contributed by atoms with van der Waals surface area (Å²) in [5, 5.41) is -4.34. The van der Waals surface area contributed by atoms with Crippen LogP contribution in [-0.4, -0.2) is 24.0 Å². The number of carbonyl (C=O) groups is 1. The first-order valence-electron chi connectivity index (χ1n) is 7.48. The van der Waals surface area contributed by atoms with Crippen molar-refractivity contribution in [1.82, 2.24) is 0 Å². The lowest BCUT2D eigenvalue weighted by molar-refractivity contribution is -0.144. The van der Waals surface area contributed by atoms with E-state index in [1.165, 1.54) is 0 Å². The highest BCUT2D eigenvalue weighted by Gasteiger charge is 2.54. The van der Waals surface area contributed by atoms with Gasteiger partial charge in [0.05, 0.1) is 0 Å². The standard InChI is InChI=1S/C14H20F2O4S/c15-14(16,21(18,19)20)2-1-12(17)13-6-9-3-10(7-13)5-11(4-9)8-13/h9-11H,1-8H2,(H,18,19,20)/p-1.